The Kier molecular flexibility index (Phi) is 8.61. The summed E-state index contributed by atoms with van der Waals surface area (Å²) in [5.74, 6) is -3.65. The third-order valence-corrected chi connectivity index (χ3v) is 9.48. The maximum absolute atomic E-state index is 12.9. The molecule has 0 bridgehead atoms. The summed E-state index contributed by atoms with van der Waals surface area (Å²) in [4.78, 5) is 50.0. The van der Waals surface area contributed by atoms with Crippen molar-refractivity contribution in [3.8, 4) is 32.0 Å². The number of carboxylic acids is 2. The molecule has 0 unspecified atom stereocenters. The number of carbonyl (C=O) groups excluding carboxylic acids is 2. The molecule has 0 fully saturated rings. The number of hydrogen-bond donors (Lipinski definition) is 2. The highest BCUT2D eigenvalue weighted by Crippen LogP contribution is 2.47. The third kappa shape index (κ3) is 5.83. The molecule has 0 atom stereocenters. The number of rotatable bonds is 11. The van der Waals surface area contributed by atoms with Gasteiger partial charge in [-0.2, -0.15) is 5.26 Å². The van der Waals surface area contributed by atoms with Crippen LogP contribution in [0.5, 0.6) is 5.75 Å². The lowest BCUT2D eigenvalue weighted by Gasteiger charge is -2.17. The van der Waals surface area contributed by atoms with Crippen LogP contribution < -0.4 is 4.74 Å². The smallest absolute Gasteiger partial charge is 0.323 e. The van der Waals surface area contributed by atoms with Crippen molar-refractivity contribution in [2.75, 3.05) is 13.1 Å². The lowest BCUT2D eigenvalue weighted by Crippen LogP contribution is -2.39. The maximum atomic E-state index is 12.9. The Labute approximate surface area is 259 Å². The summed E-state index contributed by atoms with van der Waals surface area (Å²) in [6.45, 7) is 3.42. The van der Waals surface area contributed by atoms with Crippen LogP contribution in [0.2, 0.25) is 0 Å². The molecular weight excluding hydrogens is 603 g/mol. The zero-order valence-corrected chi connectivity index (χ0v) is 25.2. The van der Waals surface area contributed by atoms with Gasteiger partial charge in [0.2, 0.25) is 0 Å². The Bertz CT molecular complexity index is 2010. The summed E-state index contributed by atoms with van der Waals surface area (Å²) in [6.07, 6.45) is 1.23. The van der Waals surface area contributed by atoms with Gasteiger partial charge in [0.15, 0.2) is 5.75 Å². The highest BCUT2D eigenvalue weighted by Gasteiger charge is 2.24. The number of aromatic nitrogens is 1. The van der Waals surface area contributed by atoms with Crippen LogP contribution in [0.1, 0.15) is 17.4 Å². The highest BCUT2D eigenvalue weighted by atomic mass is 32.1. The van der Waals surface area contributed by atoms with Crippen molar-refractivity contribution in [2.45, 2.75) is 20.4 Å². The van der Waals surface area contributed by atoms with Gasteiger partial charge in [-0.3, -0.25) is 19.2 Å². The summed E-state index contributed by atoms with van der Waals surface area (Å²) in [5.41, 5.74) is 3.82. The molecule has 0 saturated carbocycles. The Morgan fingerprint density at radius 2 is 1.68 bits per heavy atom. The number of nitrogens with zero attached hydrogens (tertiary/aromatic N) is 3. The van der Waals surface area contributed by atoms with Gasteiger partial charge >= 0.3 is 11.9 Å². The van der Waals surface area contributed by atoms with Gasteiger partial charge < -0.3 is 24.4 Å². The molecule has 0 spiro atoms. The van der Waals surface area contributed by atoms with Gasteiger partial charge in [0.25, 0.3) is 12.4 Å². The van der Waals surface area contributed by atoms with Crippen LogP contribution in [-0.2, 0) is 25.7 Å². The van der Waals surface area contributed by atoms with Crippen molar-refractivity contribution >= 4 is 74.9 Å². The molecule has 0 aliphatic heterocycles. The number of amides is 1. The molecule has 0 radical (unpaired) electrons. The quantitative estimate of drug-likeness (QED) is 0.103. The van der Waals surface area contributed by atoms with E-state index in [1.54, 1.807) is 6.07 Å². The molecule has 2 N–H and O–H groups in total. The van der Waals surface area contributed by atoms with E-state index < -0.39 is 36.5 Å². The summed E-state index contributed by atoms with van der Waals surface area (Å²) in [7, 11) is 0. The number of aryl methyl sites for hydroxylation is 2. The van der Waals surface area contributed by atoms with Crippen LogP contribution in [0.25, 0.3) is 48.1 Å². The summed E-state index contributed by atoms with van der Waals surface area (Å²) in [5, 5.41) is 30.2. The van der Waals surface area contributed by atoms with Crippen LogP contribution in [-0.4, -0.2) is 57.1 Å². The average Bonchev–Trinajstić information content (AvgIpc) is 3.67. The Hall–Kier alpha value is -5.25. The minimum absolute atomic E-state index is 0.229. The number of benzene rings is 2. The van der Waals surface area contributed by atoms with Crippen LogP contribution in [0, 0.1) is 18.3 Å². The first kappa shape index (κ1) is 30.2. The van der Waals surface area contributed by atoms with Crippen molar-refractivity contribution in [3.63, 3.8) is 0 Å². The predicted molar refractivity (Wildman–Crippen MR) is 169 cm³/mol. The van der Waals surface area contributed by atoms with Gasteiger partial charge in [-0.1, -0.05) is 24.3 Å². The fraction of sp³-hybridized carbons (Fsp3) is 0.156. The summed E-state index contributed by atoms with van der Waals surface area (Å²) < 4.78 is 7.55. The standard InChI is InChI=1S/C32H25N3O7S2/c1-3-35-24-7-5-4-6-22(24)23-12-19(8-9-25(23)35)27-10-18(2)30(44-27)31-26(42-17-36)13-21(43-31)11-20(14-33)32(41)34(15-28(37)38)16-29(39)40/h4-13,17H,3,15-16H2,1-2H3,(H,37,38)(H,39,40)/b20-11+. The monoisotopic (exact) mass is 627 g/mol. The van der Waals surface area contributed by atoms with E-state index in [-0.39, 0.29) is 12.2 Å². The van der Waals surface area contributed by atoms with Crippen LogP contribution in [0.3, 0.4) is 0 Å². The molecule has 0 aliphatic rings. The van der Waals surface area contributed by atoms with Crippen molar-refractivity contribution in [2.24, 2.45) is 0 Å². The lowest BCUT2D eigenvalue weighted by molar-refractivity contribution is -0.147. The van der Waals surface area contributed by atoms with Crippen molar-refractivity contribution in [1.82, 2.24) is 9.47 Å². The van der Waals surface area contributed by atoms with Gasteiger partial charge in [-0.15, -0.1) is 22.7 Å². The van der Waals surface area contributed by atoms with Gasteiger partial charge in [0.05, 0.1) is 9.75 Å². The molecule has 0 aliphatic carbocycles. The number of carboxylic acid groups (broad SMARTS) is 2. The molecule has 5 rings (SSSR count). The fourth-order valence-electron chi connectivity index (χ4n) is 5.14. The minimum Gasteiger partial charge on any atom is -0.480 e. The Morgan fingerprint density at radius 1 is 0.977 bits per heavy atom. The number of para-hydroxylation sites is 1. The summed E-state index contributed by atoms with van der Waals surface area (Å²) in [6, 6.07) is 20.0. The molecule has 1 amide bonds. The van der Waals surface area contributed by atoms with Crippen molar-refractivity contribution in [1.29, 1.82) is 5.26 Å². The second-order valence-electron chi connectivity index (χ2n) is 9.79. The number of thiophene rings is 2. The first-order valence-corrected chi connectivity index (χ1v) is 15.0. The van der Waals surface area contributed by atoms with E-state index in [2.05, 4.69) is 47.9 Å². The minimum atomic E-state index is -1.42. The number of nitriles is 1. The van der Waals surface area contributed by atoms with E-state index in [4.69, 9.17) is 14.9 Å². The van der Waals surface area contributed by atoms with E-state index in [0.717, 1.165) is 38.3 Å². The molecule has 10 nitrogen and oxygen atoms in total. The van der Waals surface area contributed by atoms with Crippen LogP contribution >= 0.6 is 22.7 Å². The number of hydrogen-bond acceptors (Lipinski definition) is 8. The Balaban J connectivity index is 1.54. The molecule has 0 saturated heterocycles. The topological polar surface area (TPSA) is 150 Å². The van der Waals surface area contributed by atoms with Gasteiger partial charge in [-0.25, -0.2) is 0 Å². The molecular formula is C32H25N3O7S2. The third-order valence-electron chi connectivity index (χ3n) is 6.97. The van der Waals surface area contributed by atoms with E-state index >= 15 is 0 Å². The normalized spacial score (nSPS) is 11.4. The van der Waals surface area contributed by atoms with Gasteiger partial charge in [0.1, 0.15) is 24.7 Å². The van der Waals surface area contributed by atoms with Crippen LogP contribution in [0.15, 0.2) is 60.2 Å². The summed E-state index contributed by atoms with van der Waals surface area (Å²) >= 11 is 2.69. The van der Waals surface area contributed by atoms with Crippen molar-refractivity contribution in [3.05, 3.63) is 70.6 Å². The maximum Gasteiger partial charge on any atom is 0.323 e. The largest absolute Gasteiger partial charge is 0.480 e. The second kappa shape index (κ2) is 12.5. The first-order valence-electron chi connectivity index (χ1n) is 13.4. The zero-order chi connectivity index (χ0) is 31.5. The second-order valence-corrected chi connectivity index (χ2v) is 11.9. The fourth-order valence-corrected chi connectivity index (χ4v) is 7.54. The highest BCUT2D eigenvalue weighted by molar-refractivity contribution is 7.24. The number of ether oxygens (including phenoxy) is 1. The lowest BCUT2D eigenvalue weighted by atomic mass is 10.1. The predicted octanol–water partition coefficient (Wildman–Crippen LogP) is 6.02. The average molecular weight is 628 g/mol. The molecule has 2 aromatic carbocycles. The molecule has 3 heterocycles. The Morgan fingerprint density at radius 3 is 2.34 bits per heavy atom. The molecule has 3 aromatic heterocycles. The van der Waals surface area contributed by atoms with Gasteiger partial charge in [-0.05, 0) is 61.4 Å². The van der Waals surface area contributed by atoms with Crippen molar-refractivity contribution < 1.29 is 34.1 Å². The SMILES string of the molecule is CCn1c2ccccc2c2cc(-c3cc(C)c(-c4sc(/C=C(\C#N)C(=O)N(CC(=O)O)CC(=O)O)cc4OC=O)s3)ccc21. The van der Waals surface area contributed by atoms with E-state index in [9.17, 15) is 24.4 Å². The molecule has 12 heteroatoms. The number of fused-ring (bicyclic) bond motifs is 3. The zero-order valence-electron chi connectivity index (χ0n) is 23.6. The number of aliphatic carboxylic acids is 2. The number of carbonyl (C=O) groups is 4. The van der Waals surface area contributed by atoms with Gasteiger partial charge in [0, 0.05) is 38.1 Å². The van der Waals surface area contributed by atoms with E-state index in [1.807, 2.05) is 19.1 Å². The molecule has 44 heavy (non-hydrogen) atoms. The van der Waals surface area contributed by atoms with Crippen LogP contribution in [0.4, 0.5) is 0 Å². The first-order chi connectivity index (χ1) is 21.1. The van der Waals surface area contributed by atoms with E-state index in [0.29, 0.717) is 14.7 Å². The molecule has 5 aromatic rings. The molecule has 222 valence electrons. The van der Waals surface area contributed by atoms with E-state index in [1.165, 1.54) is 45.7 Å².